The summed E-state index contributed by atoms with van der Waals surface area (Å²) in [6, 6.07) is 27.0. The second-order valence-electron chi connectivity index (χ2n) is 12.7. The van der Waals surface area contributed by atoms with Crippen LogP contribution in [-0.4, -0.2) is 29.3 Å². The smallest absolute Gasteiger partial charge is 0.326 e. The summed E-state index contributed by atoms with van der Waals surface area (Å²) in [6.45, 7) is 3.18. The van der Waals surface area contributed by atoms with Gasteiger partial charge in [0, 0.05) is 43.0 Å². The number of fused-ring (bicyclic) bond motifs is 6. The summed E-state index contributed by atoms with van der Waals surface area (Å²) in [5.74, 6) is -5.01. The standard InChI is InChI=1S/C37H24Br2O7/c1-34(29(40)19-9-5-3-6-10-19)27-23-17-21(38)13-15-25(23)45-32(43)36(27,34)31(42)37-28(24-18-22(39)14-16-26(24)46-33(37)44)35(37,2)30(41)20-11-7-4-8-12-20/h3-18,27-28H,1-2H3/t27-,28-,34+,35+,36-,37+/m1/s1. The van der Waals surface area contributed by atoms with Crippen molar-refractivity contribution in [1.29, 1.82) is 0 Å². The topological polar surface area (TPSA) is 104 Å². The normalized spacial score (nSPS) is 31.2. The van der Waals surface area contributed by atoms with Gasteiger partial charge in [0.15, 0.2) is 17.3 Å². The van der Waals surface area contributed by atoms with Crippen LogP contribution in [0.25, 0.3) is 0 Å². The van der Waals surface area contributed by atoms with Gasteiger partial charge in [-0.15, -0.1) is 0 Å². The van der Waals surface area contributed by atoms with Gasteiger partial charge < -0.3 is 9.47 Å². The second kappa shape index (κ2) is 9.42. The molecule has 0 unspecified atom stereocenters. The first-order chi connectivity index (χ1) is 22.0. The number of ketones is 3. The Hall–Kier alpha value is -4.21. The Morgan fingerprint density at radius 1 is 0.587 bits per heavy atom. The summed E-state index contributed by atoms with van der Waals surface area (Å²) in [5, 5.41) is 0. The van der Waals surface area contributed by atoms with E-state index in [0.717, 1.165) is 0 Å². The maximum absolute atomic E-state index is 15.7. The average Bonchev–Trinajstić information content (AvgIpc) is 3.88. The zero-order valence-electron chi connectivity index (χ0n) is 24.5. The highest BCUT2D eigenvalue weighted by molar-refractivity contribution is 9.10. The molecular formula is C37H24Br2O7. The van der Waals surface area contributed by atoms with Crippen LogP contribution in [-0.2, 0) is 14.4 Å². The molecule has 2 aliphatic heterocycles. The molecular weight excluding hydrogens is 716 g/mol. The van der Waals surface area contributed by atoms with Crippen molar-refractivity contribution in [3.05, 3.63) is 128 Å². The first-order valence-corrected chi connectivity index (χ1v) is 16.3. The van der Waals surface area contributed by atoms with E-state index in [2.05, 4.69) is 31.9 Å². The predicted molar refractivity (Wildman–Crippen MR) is 173 cm³/mol. The number of hydrogen-bond acceptors (Lipinski definition) is 7. The number of hydrogen-bond donors (Lipinski definition) is 0. The minimum absolute atomic E-state index is 0.236. The van der Waals surface area contributed by atoms with Gasteiger partial charge in [-0.2, -0.15) is 0 Å². The third-order valence-electron chi connectivity index (χ3n) is 10.8. The molecule has 7 nitrogen and oxygen atoms in total. The molecule has 46 heavy (non-hydrogen) atoms. The van der Waals surface area contributed by atoms with E-state index in [9.17, 15) is 19.2 Å². The van der Waals surface area contributed by atoms with Crippen LogP contribution < -0.4 is 9.47 Å². The van der Waals surface area contributed by atoms with Gasteiger partial charge >= 0.3 is 11.9 Å². The molecule has 228 valence electrons. The van der Waals surface area contributed by atoms with Gasteiger partial charge in [-0.25, -0.2) is 0 Å². The summed E-state index contributed by atoms with van der Waals surface area (Å²) >= 11 is 6.97. The van der Waals surface area contributed by atoms with E-state index in [4.69, 9.17) is 9.47 Å². The minimum atomic E-state index is -2.11. The Labute approximate surface area is 280 Å². The number of carbonyl (C=O) groups is 5. The SMILES string of the molecule is C[C@@]1(C(=O)c2ccccc2)[C@H]2c3cc(Br)ccc3OC(=O)[C@]21C(=O)[C@]12C(=O)Oc3ccc(Br)cc3[C@@H]1[C@@]2(C)C(=O)c1ccccc1. The Bertz CT molecular complexity index is 1930. The fraction of sp³-hybridized carbons (Fsp3) is 0.216. The highest BCUT2D eigenvalue weighted by Crippen LogP contribution is 2.87. The van der Waals surface area contributed by atoms with Crippen LogP contribution in [0.4, 0.5) is 0 Å². The summed E-state index contributed by atoms with van der Waals surface area (Å²) in [4.78, 5) is 73.5. The number of benzene rings is 4. The first-order valence-electron chi connectivity index (χ1n) is 14.7. The Morgan fingerprint density at radius 3 is 1.33 bits per heavy atom. The maximum atomic E-state index is 15.7. The van der Waals surface area contributed by atoms with Crippen molar-refractivity contribution in [2.24, 2.45) is 21.7 Å². The largest absolute Gasteiger partial charge is 0.425 e. The number of ether oxygens (including phenoxy) is 2. The van der Waals surface area contributed by atoms with E-state index in [1.165, 1.54) is 0 Å². The van der Waals surface area contributed by atoms with E-state index in [1.54, 1.807) is 111 Å². The maximum Gasteiger partial charge on any atom is 0.326 e. The van der Waals surface area contributed by atoms with Crippen molar-refractivity contribution in [3.63, 3.8) is 0 Å². The van der Waals surface area contributed by atoms with Gasteiger partial charge in [-0.1, -0.05) is 106 Å². The van der Waals surface area contributed by atoms with Crippen molar-refractivity contribution in [3.8, 4) is 11.5 Å². The van der Waals surface area contributed by atoms with Gasteiger partial charge in [0.05, 0.1) is 10.8 Å². The predicted octanol–water partition coefficient (Wildman–Crippen LogP) is 7.26. The molecule has 0 radical (unpaired) electrons. The molecule has 8 rings (SSSR count). The molecule has 4 aromatic carbocycles. The van der Waals surface area contributed by atoms with Crippen LogP contribution >= 0.6 is 31.9 Å². The lowest BCUT2D eigenvalue weighted by molar-refractivity contribution is -0.157. The van der Waals surface area contributed by atoms with Crippen LogP contribution in [0, 0.1) is 21.7 Å². The molecule has 2 fully saturated rings. The molecule has 0 N–H and O–H groups in total. The molecule has 0 saturated heterocycles. The molecule has 2 saturated carbocycles. The highest BCUT2D eigenvalue weighted by Gasteiger charge is 2.97. The van der Waals surface area contributed by atoms with Crippen LogP contribution in [0.3, 0.4) is 0 Å². The Balaban J connectivity index is 1.39. The highest BCUT2D eigenvalue weighted by atomic mass is 79.9. The lowest BCUT2D eigenvalue weighted by atomic mass is 9.73. The third kappa shape index (κ3) is 3.25. The fourth-order valence-corrected chi connectivity index (χ4v) is 9.41. The van der Waals surface area contributed by atoms with Gasteiger partial charge in [-0.05, 0) is 36.4 Å². The molecule has 4 aromatic rings. The van der Waals surface area contributed by atoms with Gasteiger partial charge in [-0.3, -0.25) is 24.0 Å². The molecule has 0 amide bonds. The second-order valence-corrected chi connectivity index (χ2v) is 14.6. The molecule has 9 heteroatoms. The molecule has 0 aromatic heterocycles. The number of rotatable bonds is 6. The zero-order valence-corrected chi connectivity index (χ0v) is 27.7. The van der Waals surface area contributed by atoms with Gasteiger partial charge in [0.1, 0.15) is 22.3 Å². The summed E-state index contributed by atoms with van der Waals surface area (Å²) in [7, 11) is 0. The lowest BCUT2D eigenvalue weighted by Crippen LogP contribution is -2.49. The average molecular weight is 740 g/mol. The lowest BCUT2D eigenvalue weighted by Gasteiger charge is -2.30. The molecule has 0 spiro atoms. The van der Waals surface area contributed by atoms with Crippen molar-refractivity contribution in [2.45, 2.75) is 25.7 Å². The number of carbonyl (C=O) groups excluding carboxylic acids is 5. The quantitative estimate of drug-likeness (QED) is 0.0888. The summed E-state index contributed by atoms with van der Waals surface area (Å²) in [5.41, 5.74) is -5.88. The molecule has 6 atom stereocenters. The first kappa shape index (κ1) is 29.2. The van der Waals surface area contributed by atoms with E-state index >= 15 is 4.79 Å². The van der Waals surface area contributed by atoms with E-state index < -0.39 is 62.8 Å². The molecule has 2 aliphatic carbocycles. The van der Waals surface area contributed by atoms with Crippen LogP contribution in [0.2, 0.25) is 0 Å². The number of halogens is 2. The molecule has 4 aliphatic rings. The molecule has 2 heterocycles. The van der Waals surface area contributed by atoms with Crippen molar-refractivity contribution in [2.75, 3.05) is 0 Å². The van der Waals surface area contributed by atoms with Gasteiger partial charge in [0.2, 0.25) is 0 Å². The third-order valence-corrected chi connectivity index (χ3v) is 11.8. The molecule has 0 bridgehead atoms. The monoisotopic (exact) mass is 738 g/mol. The van der Waals surface area contributed by atoms with Crippen LogP contribution in [0.1, 0.15) is 57.5 Å². The van der Waals surface area contributed by atoms with Crippen LogP contribution in [0.5, 0.6) is 11.5 Å². The van der Waals surface area contributed by atoms with Crippen molar-refractivity contribution < 1.29 is 33.4 Å². The summed E-state index contributed by atoms with van der Waals surface area (Å²) in [6.07, 6.45) is 0. The van der Waals surface area contributed by atoms with E-state index in [1.807, 2.05) is 0 Å². The number of esters is 2. The van der Waals surface area contributed by atoms with E-state index in [-0.39, 0.29) is 11.5 Å². The van der Waals surface area contributed by atoms with Crippen molar-refractivity contribution in [1.82, 2.24) is 0 Å². The number of Topliss-reactive ketones (excluding diaryl/α,β-unsaturated/α-hetero) is 3. The van der Waals surface area contributed by atoms with Crippen LogP contribution in [0.15, 0.2) is 106 Å². The zero-order chi connectivity index (χ0) is 32.4. The minimum Gasteiger partial charge on any atom is -0.425 e. The Kier molecular flexibility index (Phi) is 5.98. The Morgan fingerprint density at radius 2 is 0.957 bits per heavy atom. The summed E-state index contributed by atoms with van der Waals surface area (Å²) < 4.78 is 13.0. The van der Waals surface area contributed by atoms with Gasteiger partial charge in [0.25, 0.3) is 0 Å². The van der Waals surface area contributed by atoms with E-state index in [0.29, 0.717) is 31.2 Å². The fourth-order valence-electron chi connectivity index (χ4n) is 8.65. The van der Waals surface area contributed by atoms with Crippen molar-refractivity contribution >= 4 is 61.1 Å².